The van der Waals surface area contributed by atoms with Gasteiger partial charge in [-0.3, -0.25) is 4.90 Å². The molecule has 0 aliphatic carbocycles. The average molecular weight is 452 g/mol. The Labute approximate surface area is 190 Å². The van der Waals surface area contributed by atoms with Crippen LogP contribution >= 0.6 is 0 Å². The molecule has 4 nitrogen and oxygen atoms in total. The van der Waals surface area contributed by atoms with E-state index in [1.165, 1.54) is 11.1 Å². The van der Waals surface area contributed by atoms with Gasteiger partial charge in [0, 0.05) is 18.7 Å². The molecule has 0 radical (unpaired) electrons. The summed E-state index contributed by atoms with van der Waals surface area (Å²) in [5.74, 6) is -2.97. The highest BCUT2D eigenvalue weighted by Gasteiger charge is 2.22. The van der Waals surface area contributed by atoms with E-state index in [9.17, 15) is 18.0 Å². The van der Waals surface area contributed by atoms with Crippen LogP contribution in [0.1, 0.15) is 35.4 Å². The SMILES string of the molecule is Cc1ccc(N=C=O)cc1C1CCN(Cc2ccc(Oc3cc(F)c(F)cc3F)cc2)CC1. The molecule has 1 aliphatic heterocycles. The summed E-state index contributed by atoms with van der Waals surface area (Å²) < 4.78 is 45.6. The van der Waals surface area contributed by atoms with E-state index in [2.05, 4.69) is 16.8 Å². The number of halogens is 3. The maximum atomic E-state index is 13.8. The van der Waals surface area contributed by atoms with E-state index in [-0.39, 0.29) is 5.75 Å². The molecule has 4 rings (SSSR count). The van der Waals surface area contributed by atoms with E-state index in [1.54, 1.807) is 18.2 Å². The van der Waals surface area contributed by atoms with Crippen molar-refractivity contribution in [2.24, 2.45) is 4.99 Å². The van der Waals surface area contributed by atoms with Crippen LogP contribution in [0.3, 0.4) is 0 Å². The number of carbonyl (C=O) groups excluding carboxylic acids is 1. The lowest BCUT2D eigenvalue weighted by molar-refractivity contribution is 0.204. The molecule has 1 fully saturated rings. The molecule has 7 heteroatoms. The molecule has 0 aromatic heterocycles. The van der Waals surface area contributed by atoms with Crippen LogP contribution in [0.4, 0.5) is 18.9 Å². The van der Waals surface area contributed by atoms with Crippen LogP contribution in [0.15, 0.2) is 59.6 Å². The zero-order chi connectivity index (χ0) is 23.4. The Balaban J connectivity index is 1.34. The van der Waals surface area contributed by atoms with E-state index in [4.69, 9.17) is 4.74 Å². The Hall–Kier alpha value is -3.41. The van der Waals surface area contributed by atoms with Gasteiger partial charge in [0.2, 0.25) is 6.08 Å². The number of isocyanates is 1. The van der Waals surface area contributed by atoms with Gasteiger partial charge in [0.05, 0.1) is 5.69 Å². The van der Waals surface area contributed by atoms with Crippen LogP contribution in [-0.2, 0) is 11.3 Å². The van der Waals surface area contributed by atoms with Gasteiger partial charge in [-0.25, -0.2) is 18.0 Å². The van der Waals surface area contributed by atoms with Crippen LogP contribution < -0.4 is 4.74 Å². The van der Waals surface area contributed by atoms with Gasteiger partial charge in [-0.05, 0) is 79.7 Å². The molecule has 33 heavy (non-hydrogen) atoms. The molecule has 1 heterocycles. The summed E-state index contributed by atoms with van der Waals surface area (Å²) in [6, 6.07) is 14.1. The lowest BCUT2D eigenvalue weighted by Crippen LogP contribution is -2.32. The summed E-state index contributed by atoms with van der Waals surface area (Å²) >= 11 is 0. The Bertz CT molecular complexity index is 1180. The number of hydrogen-bond acceptors (Lipinski definition) is 4. The van der Waals surface area contributed by atoms with Gasteiger partial charge in [-0.15, -0.1) is 0 Å². The van der Waals surface area contributed by atoms with Crippen LogP contribution in [0.25, 0.3) is 0 Å². The zero-order valence-corrected chi connectivity index (χ0v) is 18.2. The van der Waals surface area contributed by atoms with Gasteiger partial charge in [-0.2, -0.15) is 4.99 Å². The Morgan fingerprint density at radius 2 is 1.67 bits per heavy atom. The van der Waals surface area contributed by atoms with Crippen molar-refractivity contribution >= 4 is 11.8 Å². The number of nitrogens with zero attached hydrogens (tertiary/aromatic N) is 2. The highest BCUT2D eigenvalue weighted by molar-refractivity contribution is 5.52. The highest BCUT2D eigenvalue weighted by atomic mass is 19.2. The molecule has 0 unspecified atom stereocenters. The third-order valence-electron chi connectivity index (χ3n) is 6.00. The minimum absolute atomic E-state index is 0.343. The van der Waals surface area contributed by atoms with Crippen molar-refractivity contribution in [3.05, 3.63) is 88.7 Å². The number of aryl methyl sites for hydroxylation is 1. The summed E-state index contributed by atoms with van der Waals surface area (Å²) in [5.41, 5.74) is 4.15. The fraction of sp³-hybridized carbons (Fsp3) is 0.269. The third kappa shape index (κ3) is 5.51. The minimum atomic E-state index is -1.25. The molecule has 0 atom stereocenters. The molecule has 1 saturated heterocycles. The predicted molar refractivity (Wildman–Crippen MR) is 119 cm³/mol. The number of hydrogen-bond donors (Lipinski definition) is 0. The Morgan fingerprint density at radius 3 is 2.36 bits per heavy atom. The number of ether oxygens (including phenoxy) is 1. The predicted octanol–water partition coefficient (Wildman–Crippen LogP) is 6.55. The quantitative estimate of drug-likeness (QED) is 0.242. The molecule has 3 aromatic rings. The molecule has 0 saturated carbocycles. The normalized spacial score (nSPS) is 14.7. The number of aliphatic imine (C=N–C) groups is 1. The summed E-state index contributed by atoms with van der Waals surface area (Å²) in [6.45, 7) is 4.71. The first-order valence-corrected chi connectivity index (χ1v) is 10.7. The number of rotatable bonds is 6. The fourth-order valence-electron chi connectivity index (χ4n) is 4.22. The lowest BCUT2D eigenvalue weighted by Gasteiger charge is -2.33. The van der Waals surface area contributed by atoms with Gasteiger partial charge in [0.25, 0.3) is 0 Å². The fourth-order valence-corrected chi connectivity index (χ4v) is 4.22. The molecule has 0 spiro atoms. The highest BCUT2D eigenvalue weighted by Crippen LogP contribution is 2.33. The third-order valence-corrected chi connectivity index (χ3v) is 6.00. The van der Waals surface area contributed by atoms with Crippen molar-refractivity contribution in [1.82, 2.24) is 4.90 Å². The second-order valence-corrected chi connectivity index (χ2v) is 8.24. The van der Waals surface area contributed by atoms with Crippen molar-refractivity contribution in [3.63, 3.8) is 0 Å². The smallest absolute Gasteiger partial charge is 0.240 e. The van der Waals surface area contributed by atoms with Gasteiger partial charge < -0.3 is 4.74 Å². The van der Waals surface area contributed by atoms with Crippen molar-refractivity contribution < 1.29 is 22.7 Å². The molecular weight excluding hydrogens is 429 g/mol. The monoisotopic (exact) mass is 452 g/mol. The van der Waals surface area contributed by atoms with Gasteiger partial charge >= 0.3 is 0 Å². The zero-order valence-electron chi connectivity index (χ0n) is 18.2. The summed E-state index contributed by atoms with van der Waals surface area (Å²) in [4.78, 5) is 16.7. The average Bonchev–Trinajstić information content (AvgIpc) is 2.81. The first-order valence-electron chi connectivity index (χ1n) is 10.7. The molecule has 3 aromatic carbocycles. The standard InChI is InChI=1S/C26H23F3N2O2/c1-17-2-5-20(30-16-32)12-22(17)19-8-10-31(11-9-19)15-18-3-6-21(7-4-18)33-26-14-24(28)23(27)13-25(26)29/h2-7,12-14,19H,8-11,15H2,1H3. The van der Waals surface area contributed by atoms with Crippen LogP contribution in [-0.4, -0.2) is 24.1 Å². The van der Waals surface area contributed by atoms with Gasteiger partial charge in [0.15, 0.2) is 23.2 Å². The first kappa shape index (κ1) is 22.8. The van der Waals surface area contributed by atoms with Gasteiger partial charge in [-0.1, -0.05) is 18.2 Å². The number of likely N-dealkylation sites (tertiary alicyclic amines) is 1. The maximum Gasteiger partial charge on any atom is 0.240 e. The number of piperidine rings is 1. The second kappa shape index (κ2) is 10.0. The van der Waals surface area contributed by atoms with Crippen molar-refractivity contribution in [2.45, 2.75) is 32.2 Å². The van der Waals surface area contributed by atoms with Crippen LogP contribution in [0, 0.1) is 24.4 Å². The van der Waals surface area contributed by atoms with Crippen molar-refractivity contribution in [1.29, 1.82) is 0 Å². The topological polar surface area (TPSA) is 41.9 Å². The maximum absolute atomic E-state index is 13.8. The molecule has 0 amide bonds. The van der Waals surface area contributed by atoms with Crippen LogP contribution in [0.5, 0.6) is 11.5 Å². The van der Waals surface area contributed by atoms with E-state index in [0.717, 1.165) is 38.0 Å². The van der Waals surface area contributed by atoms with E-state index in [1.807, 2.05) is 30.3 Å². The second-order valence-electron chi connectivity index (χ2n) is 8.24. The summed E-state index contributed by atoms with van der Waals surface area (Å²) in [6.07, 6.45) is 3.61. The molecule has 0 N–H and O–H groups in total. The van der Waals surface area contributed by atoms with E-state index >= 15 is 0 Å². The molecule has 170 valence electrons. The molecule has 0 bridgehead atoms. The van der Waals surface area contributed by atoms with E-state index < -0.39 is 17.5 Å². The lowest BCUT2D eigenvalue weighted by atomic mass is 9.86. The van der Waals surface area contributed by atoms with Gasteiger partial charge in [0.1, 0.15) is 5.75 Å². The number of benzene rings is 3. The summed E-state index contributed by atoms with van der Waals surface area (Å²) in [5, 5.41) is 0. The molecular formula is C26H23F3N2O2. The summed E-state index contributed by atoms with van der Waals surface area (Å²) in [7, 11) is 0. The minimum Gasteiger partial charge on any atom is -0.454 e. The van der Waals surface area contributed by atoms with Crippen molar-refractivity contribution in [3.8, 4) is 11.5 Å². The molecule has 1 aliphatic rings. The van der Waals surface area contributed by atoms with Crippen molar-refractivity contribution in [2.75, 3.05) is 13.1 Å². The largest absolute Gasteiger partial charge is 0.454 e. The van der Waals surface area contributed by atoms with E-state index in [0.29, 0.717) is 29.5 Å². The van der Waals surface area contributed by atoms with Crippen LogP contribution in [0.2, 0.25) is 0 Å². The Kier molecular flexibility index (Phi) is 6.92. The first-order chi connectivity index (χ1) is 15.9. The Morgan fingerprint density at radius 1 is 0.970 bits per heavy atom.